The predicted octanol–water partition coefficient (Wildman–Crippen LogP) is 1.52. The standard InChI is InChI=1S/C19H26FN5O4S/c1-3-28-18(26)24-8-6-23(7-9-24)16-5-4-13(10-15(16)20)25-12-14(29-19(25)27)11-22-17(30)21-2/h4-5,10,14H,3,6-9,11-12H2,1-2H3,(H2,21,22,30). The quantitative estimate of drug-likeness (QED) is 0.668. The molecule has 0 spiro atoms. The number of nitrogens with zero attached hydrogens (tertiary/aromatic N) is 3. The van der Waals surface area contributed by atoms with Gasteiger partial charge < -0.3 is 29.9 Å². The Hall–Kier alpha value is -2.82. The number of carbonyl (C=O) groups excluding carboxylic acids is 2. The van der Waals surface area contributed by atoms with Crippen molar-refractivity contribution in [1.29, 1.82) is 0 Å². The van der Waals surface area contributed by atoms with Crippen molar-refractivity contribution < 1.29 is 23.5 Å². The van der Waals surface area contributed by atoms with Crippen LogP contribution in [0, 0.1) is 5.82 Å². The molecule has 1 atom stereocenters. The van der Waals surface area contributed by atoms with Crippen LogP contribution < -0.4 is 20.4 Å². The molecule has 0 aromatic heterocycles. The van der Waals surface area contributed by atoms with Crippen molar-refractivity contribution in [3.8, 4) is 0 Å². The van der Waals surface area contributed by atoms with Gasteiger partial charge in [-0.1, -0.05) is 0 Å². The number of benzene rings is 1. The summed E-state index contributed by atoms with van der Waals surface area (Å²) in [5.74, 6) is -0.428. The van der Waals surface area contributed by atoms with Gasteiger partial charge in [0.05, 0.1) is 31.1 Å². The predicted molar refractivity (Wildman–Crippen MR) is 114 cm³/mol. The number of nitrogens with one attached hydrogen (secondary N) is 2. The molecular weight excluding hydrogens is 413 g/mol. The molecule has 2 aliphatic rings. The zero-order valence-electron chi connectivity index (χ0n) is 17.0. The van der Waals surface area contributed by atoms with Gasteiger partial charge in [-0.25, -0.2) is 14.0 Å². The molecule has 3 rings (SSSR count). The summed E-state index contributed by atoms with van der Waals surface area (Å²) in [6.45, 7) is 4.68. The van der Waals surface area contributed by atoms with Gasteiger partial charge in [-0.3, -0.25) is 4.90 Å². The van der Waals surface area contributed by atoms with Gasteiger partial charge in [-0.15, -0.1) is 0 Å². The van der Waals surface area contributed by atoms with E-state index >= 15 is 0 Å². The van der Waals surface area contributed by atoms with Gasteiger partial charge in [0.1, 0.15) is 11.9 Å². The van der Waals surface area contributed by atoms with Crippen molar-refractivity contribution in [2.75, 3.05) is 62.7 Å². The maximum Gasteiger partial charge on any atom is 0.414 e. The number of piperazine rings is 1. The van der Waals surface area contributed by atoms with Crippen LogP contribution in [0.2, 0.25) is 0 Å². The van der Waals surface area contributed by atoms with Gasteiger partial charge in [-0.2, -0.15) is 0 Å². The SMILES string of the molecule is CCOC(=O)N1CCN(c2ccc(N3CC(CNC(=S)NC)OC3=O)cc2F)CC1. The van der Waals surface area contributed by atoms with Crippen molar-refractivity contribution in [2.24, 2.45) is 0 Å². The lowest BCUT2D eigenvalue weighted by atomic mass is 10.2. The third kappa shape index (κ3) is 5.02. The van der Waals surface area contributed by atoms with E-state index < -0.39 is 11.9 Å². The number of hydrogen-bond acceptors (Lipinski definition) is 6. The molecule has 1 unspecified atom stereocenters. The minimum Gasteiger partial charge on any atom is -0.450 e. The number of carbonyl (C=O) groups is 2. The summed E-state index contributed by atoms with van der Waals surface area (Å²) in [4.78, 5) is 28.9. The number of rotatable bonds is 5. The molecule has 9 nitrogen and oxygen atoms in total. The molecule has 2 heterocycles. The summed E-state index contributed by atoms with van der Waals surface area (Å²) in [5, 5.41) is 6.20. The molecular formula is C19H26FN5O4S. The fraction of sp³-hybridized carbons (Fsp3) is 0.526. The minimum absolute atomic E-state index is 0.301. The fourth-order valence-electron chi connectivity index (χ4n) is 3.40. The summed E-state index contributed by atoms with van der Waals surface area (Å²) in [6.07, 6.45) is -1.25. The minimum atomic E-state index is -0.521. The lowest BCUT2D eigenvalue weighted by Gasteiger charge is -2.35. The van der Waals surface area contributed by atoms with Crippen LogP contribution in [0.4, 0.5) is 25.4 Å². The first-order chi connectivity index (χ1) is 14.4. The van der Waals surface area contributed by atoms with Gasteiger partial charge in [0.15, 0.2) is 5.11 Å². The summed E-state index contributed by atoms with van der Waals surface area (Å²) in [5.41, 5.74) is 0.873. The number of ether oxygens (including phenoxy) is 2. The number of hydrogen-bond donors (Lipinski definition) is 2. The number of cyclic esters (lactones) is 1. The van der Waals surface area contributed by atoms with Gasteiger partial charge in [0.25, 0.3) is 0 Å². The smallest absolute Gasteiger partial charge is 0.414 e. The van der Waals surface area contributed by atoms with Crippen LogP contribution in [-0.4, -0.2) is 81.2 Å². The highest BCUT2D eigenvalue weighted by Crippen LogP contribution is 2.28. The van der Waals surface area contributed by atoms with Crippen LogP contribution >= 0.6 is 12.2 Å². The van der Waals surface area contributed by atoms with Crippen LogP contribution in [-0.2, 0) is 9.47 Å². The van der Waals surface area contributed by atoms with Crippen molar-refractivity contribution >= 4 is 40.9 Å². The van der Waals surface area contributed by atoms with Crippen LogP contribution in [0.15, 0.2) is 18.2 Å². The summed E-state index contributed by atoms with van der Waals surface area (Å²) < 4.78 is 25.1. The maximum absolute atomic E-state index is 14.8. The molecule has 0 radical (unpaired) electrons. The van der Waals surface area contributed by atoms with Crippen molar-refractivity contribution in [3.63, 3.8) is 0 Å². The third-order valence-electron chi connectivity index (χ3n) is 4.98. The molecule has 1 aromatic rings. The van der Waals surface area contributed by atoms with E-state index in [1.165, 1.54) is 11.0 Å². The molecule has 1 aromatic carbocycles. The highest BCUT2D eigenvalue weighted by atomic mass is 32.1. The molecule has 0 saturated carbocycles. The maximum atomic E-state index is 14.8. The molecule has 11 heteroatoms. The number of thiocarbonyl (C=S) groups is 1. The van der Waals surface area contributed by atoms with Gasteiger partial charge in [0.2, 0.25) is 0 Å². The zero-order chi connectivity index (χ0) is 21.7. The Kier molecular flexibility index (Phi) is 7.14. The Bertz CT molecular complexity index is 803. The highest BCUT2D eigenvalue weighted by molar-refractivity contribution is 7.80. The van der Waals surface area contributed by atoms with Crippen molar-refractivity contribution in [3.05, 3.63) is 24.0 Å². The molecule has 0 bridgehead atoms. The second-order valence-electron chi connectivity index (χ2n) is 6.89. The van der Waals surface area contributed by atoms with Gasteiger partial charge >= 0.3 is 12.2 Å². The lowest BCUT2D eigenvalue weighted by molar-refractivity contribution is 0.105. The van der Waals surface area contributed by atoms with Gasteiger partial charge in [0, 0.05) is 33.2 Å². The Labute approximate surface area is 180 Å². The molecule has 2 fully saturated rings. The number of amides is 2. The monoisotopic (exact) mass is 439 g/mol. The van der Waals surface area contributed by atoms with E-state index in [0.29, 0.717) is 62.4 Å². The molecule has 30 heavy (non-hydrogen) atoms. The first-order valence-corrected chi connectivity index (χ1v) is 10.2. The molecule has 2 amide bonds. The highest BCUT2D eigenvalue weighted by Gasteiger charge is 2.33. The average Bonchev–Trinajstić information content (AvgIpc) is 3.12. The van der Waals surface area contributed by atoms with E-state index in [9.17, 15) is 14.0 Å². The van der Waals surface area contributed by atoms with E-state index in [-0.39, 0.29) is 12.2 Å². The molecule has 164 valence electrons. The van der Waals surface area contributed by atoms with E-state index in [1.54, 1.807) is 31.0 Å². The molecule has 2 saturated heterocycles. The molecule has 0 aliphatic carbocycles. The lowest BCUT2D eigenvalue weighted by Crippen LogP contribution is -2.49. The van der Waals surface area contributed by atoms with Crippen molar-refractivity contribution in [1.82, 2.24) is 15.5 Å². The Morgan fingerprint density at radius 3 is 2.70 bits per heavy atom. The number of anilines is 2. The molecule has 2 aliphatic heterocycles. The first-order valence-electron chi connectivity index (χ1n) is 9.82. The van der Waals surface area contributed by atoms with Crippen LogP contribution in [0.25, 0.3) is 0 Å². The van der Waals surface area contributed by atoms with Crippen molar-refractivity contribution in [2.45, 2.75) is 13.0 Å². The first kappa shape index (κ1) is 21.9. The third-order valence-corrected chi connectivity index (χ3v) is 5.33. The summed E-state index contributed by atoms with van der Waals surface area (Å²) in [6, 6.07) is 4.69. The average molecular weight is 440 g/mol. The summed E-state index contributed by atoms with van der Waals surface area (Å²) >= 11 is 5.01. The Balaban J connectivity index is 1.60. The largest absolute Gasteiger partial charge is 0.450 e. The van der Waals surface area contributed by atoms with Crippen LogP contribution in [0.3, 0.4) is 0 Å². The zero-order valence-corrected chi connectivity index (χ0v) is 17.8. The van der Waals surface area contributed by atoms with Crippen LogP contribution in [0.5, 0.6) is 0 Å². The normalized spacial score (nSPS) is 18.8. The summed E-state index contributed by atoms with van der Waals surface area (Å²) in [7, 11) is 1.70. The second-order valence-corrected chi connectivity index (χ2v) is 7.29. The fourth-order valence-corrected chi connectivity index (χ4v) is 3.48. The Morgan fingerprint density at radius 1 is 1.33 bits per heavy atom. The topological polar surface area (TPSA) is 86.4 Å². The number of halogens is 1. The second kappa shape index (κ2) is 9.79. The molecule has 2 N–H and O–H groups in total. The van der Waals surface area contributed by atoms with E-state index in [0.717, 1.165) is 0 Å². The van der Waals surface area contributed by atoms with E-state index in [1.807, 2.05) is 4.90 Å². The van der Waals surface area contributed by atoms with E-state index in [2.05, 4.69) is 10.6 Å². The Morgan fingerprint density at radius 2 is 2.07 bits per heavy atom. The van der Waals surface area contributed by atoms with E-state index in [4.69, 9.17) is 21.7 Å². The van der Waals surface area contributed by atoms with Crippen LogP contribution in [0.1, 0.15) is 6.92 Å². The van der Waals surface area contributed by atoms with Gasteiger partial charge in [-0.05, 0) is 37.3 Å².